The van der Waals surface area contributed by atoms with Crippen LogP contribution in [-0.4, -0.2) is 75.6 Å². The molecule has 0 bridgehead atoms. The fraction of sp³-hybridized carbons (Fsp3) is 0.526. The van der Waals surface area contributed by atoms with Crippen molar-refractivity contribution in [1.82, 2.24) is 24.8 Å². The van der Waals surface area contributed by atoms with Crippen LogP contribution in [-0.2, 0) is 4.74 Å². The first-order valence-electron chi connectivity index (χ1n) is 9.40. The van der Waals surface area contributed by atoms with Gasteiger partial charge in [-0.15, -0.1) is 5.10 Å². The minimum absolute atomic E-state index is 0.0395. The number of rotatable bonds is 3. The summed E-state index contributed by atoms with van der Waals surface area (Å²) in [5.41, 5.74) is 1.74. The molecule has 2 aliphatic rings. The number of likely N-dealkylation sites (tertiary alicyclic amines) is 1. The van der Waals surface area contributed by atoms with Crippen molar-refractivity contribution in [2.24, 2.45) is 0 Å². The molecule has 1 amide bonds. The zero-order valence-electron chi connectivity index (χ0n) is 15.6. The lowest BCUT2D eigenvalue weighted by molar-refractivity contribution is -0.0897. The molecule has 0 unspecified atom stereocenters. The lowest BCUT2D eigenvalue weighted by Crippen LogP contribution is -2.61. The number of hydrogen-bond acceptors (Lipinski definition) is 5. The van der Waals surface area contributed by atoms with Crippen molar-refractivity contribution in [3.8, 4) is 5.69 Å². The third-order valence-corrected chi connectivity index (χ3v) is 5.49. The molecule has 0 spiro atoms. The Morgan fingerprint density at radius 3 is 3.00 bits per heavy atom. The summed E-state index contributed by atoms with van der Waals surface area (Å²) in [7, 11) is 0. The number of hydrogen-bond donors (Lipinski definition) is 0. The fourth-order valence-corrected chi connectivity index (χ4v) is 3.98. The van der Waals surface area contributed by atoms with E-state index >= 15 is 0 Å². The van der Waals surface area contributed by atoms with E-state index in [0.29, 0.717) is 24.5 Å². The van der Waals surface area contributed by atoms with Crippen molar-refractivity contribution in [3.05, 3.63) is 41.5 Å². The van der Waals surface area contributed by atoms with E-state index in [1.807, 2.05) is 4.90 Å². The number of morpholine rings is 1. The number of likely N-dealkylation sites (N-methyl/N-ethyl adjacent to an activating group) is 1. The zero-order chi connectivity index (χ0) is 19.0. The highest BCUT2D eigenvalue weighted by Crippen LogP contribution is 2.24. The zero-order valence-corrected chi connectivity index (χ0v) is 15.6. The van der Waals surface area contributed by atoms with Crippen LogP contribution in [0.2, 0.25) is 0 Å². The SMILES string of the molecule is CCN1CC[C@H]2OCCN(C(=O)c3cn(-c4ccc(F)cc4C)nn3)[C@H]2C1. The van der Waals surface area contributed by atoms with Crippen LogP contribution in [0.25, 0.3) is 5.69 Å². The van der Waals surface area contributed by atoms with Gasteiger partial charge < -0.3 is 14.5 Å². The van der Waals surface area contributed by atoms with E-state index in [9.17, 15) is 9.18 Å². The molecule has 2 saturated heterocycles. The Kier molecular flexibility index (Phi) is 4.92. The van der Waals surface area contributed by atoms with Gasteiger partial charge >= 0.3 is 0 Å². The van der Waals surface area contributed by atoms with Gasteiger partial charge in [0.2, 0.25) is 0 Å². The third-order valence-electron chi connectivity index (χ3n) is 5.49. The number of fused-ring (bicyclic) bond motifs is 1. The van der Waals surface area contributed by atoms with E-state index in [4.69, 9.17) is 4.74 Å². The van der Waals surface area contributed by atoms with Crippen molar-refractivity contribution in [2.45, 2.75) is 32.4 Å². The molecule has 144 valence electrons. The molecular weight excluding hydrogens is 349 g/mol. The van der Waals surface area contributed by atoms with Gasteiger partial charge in [0.25, 0.3) is 5.91 Å². The molecular formula is C19H24FN5O2. The average Bonchev–Trinajstić information content (AvgIpc) is 3.16. The number of ether oxygens (including phenoxy) is 1. The van der Waals surface area contributed by atoms with E-state index < -0.39 is 0 Å². The number of carbonyl (C=O) groups excluding carboxylic acids is 1. The van der Waals surface area contributed by atoms with Crippen LogP contribution < -0.4 is 0 Å². The molecule has 8 heteroatoms. The maximum atomic E-state index is 13.3. The fourth-order valence-electron chi connectivity index (χ4n) is 3.98. The van der Waals surface area contributed by atoms with Crippen LogP contribution in [0.3, 0.4) is 0 Å². The minimum Gasteiger partial charge on any atom is -0.374 e. The lowest BCUT2D eigenvalue weighted by atomic mass is 9.98. The summed E-state index contributed by atoms with van der Waals surface area (Å²) in [5.74, 6) is -0.429. The molecule has 0 saturated carbocycles. The van der Waals surface area contributed by atoms with E-state index in [1.165, 1.54) is 16.8 Å². The van der Waals surface area contributed by atoms with Crippen molar-refractivity contribution < 1.29 is 13.9 Å². The van der Waals surface area contributed by atoms with Crippen LogP contribution in [0.4, 0.5) is 4.39 Å². The van der Waals surface area contributed by atoms with Gasteiger partial charge in [-0.1, -0.05) is 12.1 Å². The van der Waals surface area contributed by atoms with Crippen LogP contribution in [0.5, 0.6) is 0 Å². The summed E-state index contributed by atoms with van der Waals surface area (Å²) in [4.78, 5) is 17.3. The predicted octanol–water partition coefficient (Wildman–Crippen LogP) is 1.65. The van der Waals surface area contributed by atoms with Gasteiger partial charge in [-0.05, 0) is 43.7 Å². The van der Waals surface area contributed by atoms with E-state index in [1.54, 1.807) is 19.2 Å². The molecule has 1 aromatic heterocycles. The average molecular weight is 373 g/mol. The highest BCUT2D eigenvalue weighted by Gasteiger charge is 2.39. The molecule has 0 aliphatic carbocycles. The van der Waals surface area contributed by atoms with Crippen LogP contribution >= 0.6 is 0 Å². The molecule has 2 fully saturated rings. The van der Waals surface area contributed by atoms with E-state index in [2.05, 4.69) is 22.1 Å². The molecule has 27 heavy (non-hydrogen) atoms. The van der Waals surface area contributed by atoms with E-state index in [0.717, 1.165) is 31.6 Å². The standard InChI is InChI=1S/C19H24FN5O2/c1-3-23-7-6-18-17(12-23)24(8-9-27-18)19(26)15-11-25(22-21-15)16-5-4-14(20)10-13(16)2/h4-5,10-11,17-18H,3,6-9,12H2,1-2H3/t17-,18+/m0/s1. The smallest absolute Gasteiger partial charge is 0.276 e. The van der Waals surface area contributed by atoms with Crippen molar-refractivity contribution in [3.63, 3.8) is 0 Å². The predicted molar refractivity (Wildman–Crippen MR) is 97.3 cm³/mol. The lowest BCUT2D eigenvalue weighted by Gasteiger charge is -2.46. The Morgan fingerprint density at radius 2 is 2.22 bits per heavy atom. The first-order valence-corrected chi connectivity index (χ1v) is 9.40. The molecule has 2 aliphatic heterocycles. The second-order valence-corrected chi connectivity index (χ2v) is 7.14. The van der Waals surface area contributed by atoms with Crippen molar-refractivity contribution >= 4 is 5.91 Å². The minimum atomic E-state index is -0.301. The van der Waals surface area contributed by atoms with Crippen molar-refractivity contribution in [2.75, 3.05) is 32.8 Å². The van der Waals surface area contributed by atoms with Crippen LogP contribution in [0.1, 0.15) is 29.4 Å². The summed E-state index contributed by atoms with van der Waals surface area (Å²) in [6, 6.07) is 4.49. The number of benzene rings is 1. The summed E-state index contributed by atoms with van der Waals surface area (Å²) in [6.45, 7) is 7.82. The Morgan fingerprint density at radius 1 is 1.37 bits per heavy atom. The van der Waals surface area contributed by atoms with Gasteiger partial charge in [0.15, 0.2) is 5.69 Å². The van der Waals surface area contributed by atoms with Gasteiger partial charge in [0.1, 0.15) is 5.82 Å². The Hall–Kier alpha value is -2.32. The normalized spacial score (nSPS) is 23.3. The van der Waals surface area contributed by atoms with Crippen LogP contribution in [0, 0.1) is 12.7 Å². The topological polar surface area (TPSA) is 63.5 Å². The largest absolute Gasteiger partial charge is 0.374 e. The second kappa shape index (κ2) is 7.36. The number of amides is 1. The number of halogens is 1. The summed E-state index contributed by atoms with van der Waals surface area (Å²) < 4.78 is 20.8. The number of nitrogens with zero attached hydrogens (tertiary/aromatic N) is 5. The van der Waals surface area contributed by atoms with Crippen molar-refractivity contribution in [1.29, 1.82) is 0 Å². The highest BCUT2D eigenvalue weighted by molar-refractivity contribution is 5.92. The van der Waals surface area contributed by atoms with Gasteiger partial charge in [-0.2, -0.15) is 0 Å². The Balaban J connectivity index is 1.56. The Bertz CT molecular complexity index is 839. The quantitative estimate of drug-likeness (QED) is 0.819. The van der Waals surface area contributed by atoms with Gasteiger partial charge in [0.05, 0.1) is 30.6 Å². The molecule has 7 nitrogen and oxygen atoms in total. The maximum Gasteiger partial charge on any atom is 0.276 e. The summed E-state index contributed by atoms with van der Waals surface area (Å²) >= 11 is 0. The molecule has 0 radical (unpaired) electrons. The molecule has 0 N–H and O–H groups in total. The van der Waals surface area contributed by atoms with Gasteiger partial charge in [-0.25, -0.2) is 9.07 Å². The Labute approximate surface area is 157 Å². The summed E-state index contributed by atoms with van der Waals surface area (Å²) in [5, 5.41) is 8.16. The third kappa shape index (κ3) is 3.46. The number of aromatic nitrogens is 3. The molecule has 3 heterocycles. The first kappa shape index (κ1) is 18.1. The van der Waals surface area contributed by atoms with Crippen LogP contribution in [0.15, 0.2) is 24.4 Å². The number of carbonyl (C=O) groups is 1. The van der Waals surface area contributed by atoms with Gasteiger partial charge in [-0.3, -0.25) is 4.79 Å². The molecule has 2 aromatic rings. The highest BCUT2D eigenvalue weighted by atomic mass is 19.1. The molecule has 2 atom stereocenters. The molecule has 1 aromatic carbocycles. The van der Waals surface area contributed by atoms with Gasteiger partial charge in [0, 0.05) is 19.6 Å². The number of aryl methyl sites for hydroxylation is 1. The monoisotopic (exact) mass is 373 g/mol. The maximum absolute atomic E-state index is 13.3. The first-order chi connectivity index (χ1) is 13.1. The number of piperidine rings is 1. The molecule has 4 rings (SSSR count). The van der Waals surface area contributed by atoms with E-state index in [-0.39, 0.29) is 23.9 Å². The second-order valence-electron chi connectivity index (χ2n) is 7.14. The summed E-state index contributed by atoms with van der Waals surface area (Å²) in [6.07, 6.45) is 2.64.